The van der Waals surface area contributed by atoms with Gasteiger partial charge in [0.25, 0.3) is 5.89 Å². The number of aryl methyl sites for hydroxylation is 2. The summed E-state index contributed by atoms with van der Waals surface area (Å²) in [6, 6.07) is 5.66. The van der Waals surface area contributed by atoms with E-state index in [1.807, 2.05) is 32.0 Å². The number of aromatic nitrogens is 2. The molecule has 20 heavy (non-hydrogen) atoms. The van der Waals surface area contributed by atoms with Gasteiger partial charge < -0.3 is 15.2 Å². The van der Waals surface area contributed by atoms with Gasteiger partial charge in [-0.1, -0.05) is 18.1 Å². The summed E-state index contributed by atoms with van der Waals surface area (Å²) in [5.74, 6) is 1.04. The van der Waals surface area contributed by atoms with Gasteiger partial charge in [0, 0.05) is 17.7 Å². The standard InChI is InChI=1S/C14H18N4O2/c1-4-12-17-14(20-18-12)10-6-5-9(2)11(7-10)16-13(19)8-15-3/h5-7,15H,4,8H2,1-3H3,(H,16,19). The second-order valence-electron chi connectivity index (χ2n) is 4.48. The van der Waals surface area contributed by atoms with E-state index >= 15 is 0 Å². The monoisotopic (exact) mass is 274 g/mol. The molecule has 0 aliphatic heterocycles. The van der Waals surface area contributed by atoms with E-state index in [9.17, 15) is 4.79 Å². The molecule has 1 amide bonds. The molecule has 0 fully saturated rings. The number of anilines is 1. The molecular weight excluding hydrogens is 256 g/mol. The highest BCUT2D eigenvalue weighted by Gasteiger charge is 2.11. The number of carbonyl (C=O) groups excluding carboxylic acids is 1. The fraction of sp³-hybridized carbons (Fsp3) is 0.357. The van der Waals surface area contributed by atoms with Crippen molar-refractivity contribution in [2.45, 2.75) is 20.3 Å². The Morgan fingerprint density at radius 1 is 1.40 bits per heavy atom. The van der Waals surface area contributed by atoms with Crippen LogP contribution in [0, 0.1) is 6.92 Å². The van der Waals surface area contributed by atoms with Gasteiger partial charge >= 0.3 is 0 Å². The van der Waals surface area contributed by atoms with Crippen molar-refractivity contribution in [1.29, 1.82) is 0 Å². The molecule has 1 aromatic heterocycles. The number of likely N-dealkylation sites (N-methyl/N-ethyl adjacent to an activating group) is 1. The van der Waals surface area contributed by atoms with Gasteiger partial charge in [0.1, 0.15) is 0 Å². The van der Waals surface area contributed by atoms with Crippen LogP contribution in [0.2, 0.25) is 0 Å². The van der Waals surface area contributed by atoms with Crippen LogP contribution in [0.15, 0.2) is 22.7 Å². The zero-order valence-corrected chi connectivity index (χ0v) is 11.9. The largest absolute Gasteiger partial charge is 0.334 e. The van der Waals surface area contributed by atoms with Crippen molar-refractivity contribution in [2.24, 2.45) is 0 Å². The molecule has 1 heterocycles. The highest BCUT2D eigenvalue weighted by Crippen LogP contribution is 2.24. The fourth-order valence-corrected chi connectivity index (χ4v) is 1.76. The molecule has 2 aromatic rings. The number of hydrogen-bond donors (Lipinski definition) is 2. The van der Waals surface area contributed by atoms with E-state index < -0.39 is 0 Å². The first-order valence-electron chi connectivity index (χ1n) is 6.52. The van der Waals surface area contributed by atoms with Gasteiger partial charge in [-0.2, -0.15) is 4.98 Å². The molecule has 0 saturated heterocycles. The minimum atomic E-state index is -0.0903. The zero-order chi connectivity index (χ0) is 14.5. The van der Waals surface area contributed by atoms with Gasteiger partial charge in [-0.15, -0.1) is 0 Å². The van der Waals surface area contributed by atoms with Gasteiger partial charge in [-0.3, -0.25) is 4.79 Å². The Morgan fingerprint density at radius 2 is 2.20 bits per heavy atom. The van der Waals surface area contributed by atoms with Crippen LogP contribution in [0.3, 0.4) is 0 Å². The SMILES string of the molecule is CCc1noc(-c2ccc(C)c(NC(=O)CNC)c2)n1. The van der Waals surface area contributed by atoms with Crippen molar-refractivity contribution < 1.29 is 9.32 Å². The average Bonchev–Trinajstić information content (AvgIpc) is 2.90. The molecule has 2 rings (SSSR count). The maximum absolute atomic E-state index is 11.6. The Labute approximate surface area is 117 Å². The molecule has 2 N–H and O–H groups in total. The molecule has 1 aromatic carbocycles. The number of benzene rings is 1. The van der Waals surface area contributed by atoms with Crippen LogP contribution < -0.4 is 10.6 Å². The van der Waals surface area contributed by atoms with Crippen molar-refractivity contribution in [2.75, 3.05) is 18.9 Å². The Balaban J connectivity index is 2.25. The van der Waals surface area contributed by atoms with Gasteiger partial charge in [-0.25, -0.2) is 0 Å². The van der Waals surface area contributed by atoms with E-state index in [0.29, 0.717) is 11.7 Å². The number of nitrogens with zero attached hydrogens (tertiary/aromatic N) is 2. The number of carbonyl (C=O) groups is 1. The highest BCUT2D eigenvalue weighted by molar-refractivity contribution is 5.93. The first kappa shape index (κ1) is 14.2. The van der Waals surface area contributed by atoms with E-state index in [-0.39, 0.29) is 12.5 Å². The average molecular weight is 274 g/mol. The van der Waals surface area contributed by atoms with Crippen LogP contribution in [-0.2, 0) is 11.2 Å². The normalized spacial score (nSPS) is 10.6. The first-order chi connectivity index (χ1) is 9.63. The van der Waals surface area contributed by atoms with Crippen LogP contribution in [0.5, 0.6) is 0 Å². The summed E-state index contributed by atoms with van der Waals surface area (Å²) in [5.41, 5.74) is 2.52. The lowest BCUT2D eigenvalue weighted by molar-refractivity contribution is -0.115. The molecule has 6 nitrogen and oxygen atoms in total. The number of amides is 1. The van der Waals surface area contributed by atoms with Gasteiger partial charge in [0.2, 0.25) is 5.91 Å². The second-order valence-corrected chi connectivity index (χ2v) is 4.48. The van der Waals surface area contributed by atoms with Crippen molar-refractivity contribution in [3.05, 3.63) is 29.6 Å². The molecule has 0 aliphatic carbocycles. The maximum atomic E-state index is 11.6. The van der Waals surface area contributed by atoms with Gasteiger partial charge in [-0.05, 0) is 31.7 Å². The van der Waals surface area contributed by atoms with Crippen molar-refractivity contribution in [3.63, 3.8) is 0 Å². The maximum Gasteiger partial charge on any atom is 0.257 e. The molecule has 0 atom stereocenters. The summed E-state index contributed by atoms with van der Waals surface area (Å²) in [5, 5.41) is 9.53. The molecule has 0 unspecified atom stereocenters. The van der Waals surface area contributed by atoms with Crippen LogP contribution in [0.25, 0.3) is 11.5 Å². The van der Waals surface area contributed by atoms with Gasteiger partial charge in [0.05, 0.1) is 6.54 Å². The molecule has 106 valence electrons. The summed E-state index contributed by atoms with van der Waals surface area (Å²) in [4.78, 5) is 15.9. The van der Waals surface area contributed by atoms with E-state index in [2.05, 4.69) is 20.8 Å². The third-order valence-electron chi connectivity index (χ3n) is 2.88. The minimum absolute atomic E-state index is 0.0903. The predicted molar refractivity (Wildman–Crippen MR) is 76.4 cm³/mol. The Kier molecular flexibility index (Phi) is 4.47. The predicted octanol–water partition coefficient (Wildman–Crippen LogP) is 1.77. The minimum Gasteiger partial charge on any atom is -0.334 e. The topological polar surface area (TPSA) is 80.0 Å². The highest BCUT2D eigenvalue weighted by atomic mass is 16.5. The van der Waals surface area contributed by atoms with Crippen LogP contribution in [0.1, 0.15) is 18.3 Å². The lowest BCUT2D eigenvalue weighted by Gasteiger charge is -2.09. The summed E-state index contributed by atoms with van der Waals surface area (Å²) in [6.45, 7) is 4.17. The smallest absolute Gasteiger partial charge is 0.257 e. The van der Waals surface area contributed by atoms with Crippen molar-refractivity contribution in [1.82, 2.24) is 15.5 Å². The quantitative estimate of drug-likeness (QED) is 0.868. The summed E-state index contributed by atoms with van der Waals surface area (Å²) in [7, 11) is 1.73. The summed E-state index contributed by atoms with van der Waals surface area (Å²) in [6.07, 6.45) is 0.723. The fourth-order valence-electron chi connectivity index (χ4n) is 1.76. The molecule has 0 spiro atoms. The van der Waals surface area contributed by atoms with E-state index in [0.717, 1.165) is 23.2 Å². The lowest BCUT2D eigenvalue weighted by Crippen LogP contribution is -2.25. The first-order valence-corrected chi connectivity index (χ1v) is 6.52. The van der Waals surface area contributed by atoms with E-state index in [1.54, 1.807) is 7.05 Å². The molecule has 0 radical (unpaired) electrons. The number of rotatable bonds is 5. The molecule has 0 bridgehead atoms. The van der Waals surface area contributed by atoms with Crippen LogP contribution >= 0.6 is 0 Å². The lowest BCUT2D eigenvalue weighted by atomic mass is 10.1. The third kappa shape index (κ3) is 3.21. The zero-order valence-electron chi connectivity index (χ0n) is 11.9. The molecular formula is C14H18N4O2. The van der Waals surface area contributed by atoms with Crippen molar-refractivity contribution in [3.8, 4) is 11.5 Å². The van der Waals surface area contributed by atoms with Crippen LogP contribution in [0.4, 0.5) is 5.69 Å². The number of hydrogen-bond acceptors (Lipinski definition) is 5. The van der Waals surface area contributed by atoms with Gasteiger partial charge in [0.15, 0.2) is 5.82 Å². The number of nitrogens with one attached hydrogen (secondary N) is 2. The molecule has 6 heteroatoms. The Hall–Kier alpha value is -2.21. The van der Waals surface area contributed by atoms with E-state index in [1.165, 1.54) is 0 Å². The Morgan fingerprint density at radius 3 is 2.85 bits per heavy atom. The second kappa shape index (κ2) is 6.29. The van der Waals surface area contributed by atoms with E-state index in [4.69, 9.17) is 4.52 Å². The van der Waals surface area contributed by atoms with Crippen LogP contribution in [-0.4, -0.2) is 29.6 Å². The summed E-state index contributed by atoms with van der Waals surface area (Å²) < 4.78 is 5.20. The Bertz CT molecular complexity index is 607. The third-order valence-corrected chi connectivity index (χ3v) is 2.88. The summed E-state index contributed by atoms with van der Waals surface area (Å²) >= 11 is 0. The van der Waals surface area contributed by atoms with Crippen molar-refractivity contribution >= 4 is 11.6 Å². The molecule has 0 saturated carbocycles. The molecule has 0 aliphatic rings.